The number of rotatable bonds is 3. The minimum Gasteiger partial charge on any atom is -0.497 e. The summed E-state index contributed by atoms with van der Waals surface area (Å²) in [5, 5.41) is 4.28. The highest BCUT2D eigenvalue weighted by atomic mass is 79.9. The standard InChI is InChI=1S/C13H16BrNO2/c1-7-10-5-9(16-4)6-11(14)13(10)17-12(7)8(2)15-3/h5-6,8,15H,1-4H3. The molecule has 0 saturated heterocycles. The lowest BCUT2D eigenvalue weighted by Crippen LogP contribution is -2.12. The van der Waals surface area contributed by atoms with Crippen LogP contribution in [0.1, 0.15) is 24.3 Å². The van der Waals surface area contributed by atoms with E-state index in [0.717, 1.165) is 32.5 Å². The lowest BCUT2D eigenvalue weighted by molar-refractivity contribution is 0.415. The predicted octanol–water partition coefficient (Wildman–Crippen LogP) is 3.79. The van der Waals surface area contributed by atoms with Crippen molar-refractivity contribution in [3.63, 3.8) is 0 Å². The molecule has 1 heterocycles. The molecule has 1 N–H and O–H groups in total. The van der Waals surface area contributed by atoms with Crippen molar-refractivity contribution in [3.8, 4) is 5.75 Å². The maximum absolute atomic E-state index is 5.92. The van der Waals surface area contributed by atoms with E-state index in [1.54, 1.807) is 7.11 Å². The van der Waals surface area contributed by atoms with Gasteiger partial charge in [-0.15, -0.1) is 0 Å². The number of fused-ring (bicyclic) bond motifs is 1. The lowest BCUT2D eigenvalue weighted by Gasteiger charge is -2.06. The minimum atomic E-state index is 0.195. The predicted molar refractivity (Wildman–Crippen MR) is 72.7 cm³/mol. The molecule has 3 nitrogen and oxygen atoms in total. The third-order valence-corrected chi connectivity index (χ3v) is 3.65. The van der Waals surface area contributed by atoms with Crippen molar-refractivity contribution in [1.82, 2.24) is 5.32 Å². The first-order chi connectivity index (χ1) is 8.08. The zero-order chi connectivity index (χ0) is 12.6. The first-order valence-electron chi connectivity index (χ1n) is 5.52. The van der Waals surface area contributed by atoms with E-state index in [1.165, 1.54) is 0 Å². The van der Waals surface area contributed by atoms with Gasteiger partial charge in [-0.3, -0.25) is 0 Å². The van der Waals surface area contributed by atoms with Crippen LogP contribution in [-0.4, -0.2) is 14.2 Å². The van der Waals surface area contributed by atoms with Gasteiger partial charge in [0.1, 0.15) is 17.1 Å². The highest BCUT2D eigenvalue weighted by Crippen LogP contribution is 2.36. The van der Waals surface area contributed by atoms with Crippen LogP contribution < -0.4 is 10.1 Å². The number of halogens is 1. The Labute approximate surface area is 109 Å². The molecule has 17 heavy (non-hydrogen) atoms. The van der Waals surface area contributed by atoms with E-state index in [-0.39, 0.29) is 6.04 Å². The summed E-state index contributed by atoms with van der Waals surface area (Å²) in [6, 6.07) is 4.12. The molecule has 0 amide bonds. The van der Waals surface area contributed by atoms with Crippen molar-refractivity contribution in [3.05, 3.63) is 27.9 Å². The van der Waals surface area contributed by atoms with Gasteiger partial charge in [0.25, 0.3) is 0 Å². The smallest absolute Gasteiger partial charge is 0.149 e. The molecule has 0 aliphatic rings. The fourth-order valence-corrected chi connectivity index (χ4v) is 2.45. The van der Waals surface area contributed by atoms with Gasteiger partial charge in [0.05, 0.1) is 17.6 Å². The normalized spacial score (nSPS) is 13.0. The van der Waals surface area contributed by atoms with Crippen molar-refractivity contribution < 1.29 is 9.15 Å². The monoisotopic (exact) mass is 297 g/mol. The Hall–Kier alpha value is -1.00. The van der Waals surface area contributed by atoms with E-state index >= 15 is 0 Å². The number of hydrogen-bond donors (Lipinski definition) is 1. The summed E-state index contributed by atoms with van der Waals surface area (Å²) in [5.41, 5.74) is 2.03. The maximum Gasteiger partial charge on any atom is 0.149 e. The molecular weight excluding hydrogens is 282 g/mol. The van der Waals surface area contributed by atoms with Crippen LogP contribution in [0.4, 0.5) is 0 Å². The summed E-state index contributed by atoms with van der Waals surface area (Å²) in [6.45, 7) is 4.15. The first kappa shape index (κ1) is 12.5. The summed E-state index contributed by atoms with van der Waals surface area (Å²) in [4.78, 5) is 0. The van der Waals surface area contributed by atoms with Crippen molar-refractivity contribution in [2.45, 2.75) is 19.9 Å². The second-order valence-electron chi connectivity index (χ2n) is 4.09. The number of benzene rings is 1. The minimum absolute atomic E-state index is 0.195. The van der Waals surface area contributed by atoms with Crippen LogP contribution in [0.2, 0.25) is 0 Å². The molecule has 92 valence electrons. The van der Waals surface area contributed by atoms with E-state index < -0.39 is 0 Å². The fourth-order valence-electron chi connectivity index (χ4n) is 1.93. The van der Waals surface area contributed by atoms with Crippen molar-refractivity contribution >= 4 is 26.9 Å². The summed E-state index contributed by atoms with van der Waals surface area (Å²) < 4.78 is 12.1. The highest BCUT2D eigenvalue weighted by molar-refractivity contribution is 9.10. The van der Waals surface area contributed by atoms with E-state index in [0.29, 0.717) is 0 Å². The second-order valence-corrected chi connectivity index (χ2v) is 4.94. The van der Waals surface area contributed by atoms with Gasteiger partial charge < -0.3 is 14.5 Å². The van der Waals surface area contributed by atoms with Crippen LogP contribution in [0.5, 0.6) is 5.75 Å². The van der Waals surface area contributed by atoms with Crippen molar-refractivity contribution in [1.29, 1.82) is 0 Å². The van der Waals surface area contributed by atoms with E-state index in [2.05, 4.69) is 35.1 Å². The van der Waals surface area contributed by atoms with Gasteiger partial charge in [0.2, 0.25) is 0 Å². The second kappa shape index (κ2) is 4.70. The van der Waals surface area contributed by atoms with Gasteiger partial charge >= 0.3 is 0 Å². The van der Waals surface area contributed by atoms with Crippen LogP contribution in [-0.2, 0) is 0 Å². The van der Waals surface area contributed by atoms with E-state index in [9.17, 15) is 0 Å². The number of aryl methyl sites for hydroxylation is 1. The van der Waals surface area contributed by atoms with Crippen LogP contribution in [0.3, 0.4) is 0 Å². The Balaban J connectivity index is 2.69. The van der Waals surface area contributed by atoms with Crippen molar-refractivity contribution in [2.24, 2.45) is 0 Å². The Bertz CT molecular complexity index is 548. The zero-order valence-corrected chi connectivity index (χ0v) is 12.0. The summed E-state index contributed by atoms with van der Waals surface area (Å²) >= 11 is 3.51. The number of furan rings is 1. The molecular formula is C13H16BrNO2. The van der Waals surface area contributed by atoms with Crippen LogP contribution in [0.15, 0.2) is 21.0 Å². The highest BCUT2D eigenvalue weighted by Gasteiger charge is 2.17. The summed E-state index contributed by atoms with van der Waals surface area (Å²) in [6.07, 6.45) is 0. The topological polar surface area (TPSA) is 34.4 Å². The number of methoxy groups -OCH3 is 1. The van der Waals surface area contributed by atoms with Crippen LogP contribution in [0.25, 0.3) is 11.0 Å². The van der Waals surface area contributed by atoms with E-state index in [1.807, 2.05) is 19.2 Å². The van der Waals surface area contributed by atoms with Gasteiger partial charge in [-0.1, -0.05) is 0 Å². The zero-order valence-electron chi connectivity index (χ0n) is 10.4. The molecule has 0 aliphatic carbocycles. The summed E-state index contributed by atoms with van der Waals surface area (Å²) in [5.74, 6) is 1.80. The first-order valence-corrected chi connectivity index (χ1v) is 6.31. The average Bonchev–Trinajstić information content (AvgIpc) is 2.67. The lowest BCUT2D eigenvalue weighted by atomic mass is 10.1. The average molecular weight is 298 g/mol. The van der Waals surface area contributed by atoms with Gasteiger partial charge in [-0.05, 0) is 49.0 Å². The van der Waals surface area contributed by atoms with Crippen molar-refractivity contribution in [2.75, 3.05) is 14.2 Å². The molecule has 2 aromatic rings. The van der Waals surface area contributed by atoms with Gasteiger partial charge in [0.15, 0.2) is 0 Å². The Morgan fingerprint density at radius 3 is 2.71 bits per heavy atom. The van der Waals surface area contributed by atoms with Gasteiger partial charge in [-0.2, -0.15) is 0 Å². The third kappa shape index (κ3) is 2.07. The molecule has 0 aliphatic heterocycles. The quantitative estimate of drug-likeness (QED) is 0.936. The van der Waals surface area contributed by atoms with Crippen LogP contribution in [0, 0.1) is 6.92 Å². The molecule has 2 rings (SSSR count). The fraction of sp³-hybridized carbons (Fsp3) is 0.385. The summed E-state index contributed by atoms with van der Waals surface area (Å²) in [7, 11) is 3.59. The molecule has 1 unspecified atom stereocenters. The number of nitrogens with one attached hydrogen (secondary N) is 1. The molecule has 0 radical (unpaired) electrons. The maximum atomic E-state index is 5.92. The number of ether oxygens (including phenoxy) is 1. The van der Waals surface area contributed by atoms with Crippen LogP contribution >= 0.6 is 15.9 Å². The Morgan fingerprint density at radius 2 is 2.12 bits per heavy atom. The Kier molecular flexibility index (Phi) is 3.45. The molecule has 0 saturated carbocycles. The molecule has 1 atom stereocenters. The van der Waals surface area contributed by atoms with Gasteiger partial charge in [-0.25, -0.2) is 0 Å². The Morgan fingerprint density at radius 1 is 1.41 bits per heavy atom. The largest absolute Gasteiger partial charge is 0.497 e. The molecule has 4 heteroatoms. The van der Waals surface area contributed by atoms with E-state index in [4.69, 9.17) is 9.15 Å². The van der Waals surface area contributed by atoms with Gasteiger partial charge in [0, 0.05) is 10.9 Å². The molecule has 1 aromatic heterocycles. The molecule has 0 spiro atoms. The molecule has 1 aromatic carbocycles. The molecule has 0 fully saturated rings. The molecule has 0 bridgehead atoms. The third-order valence-electron chi connectivity index (χ3n) is 3.06. The SMILES string of the molecule is CNC(C)c1oc2c(Br)cc(OC)cc2c1C. The number of hydrogen-bond acceptors (Lipinski definition) is 3.